The fraction of sp³-hybridized carbons (Fsp3) is 0.417. The molecule has 0 radical (unpaired) electrons. The molecular weight excluding hydrogens is 277 g/mol. The number of alkyl halides is 3. The first-order valence-electron chi connectivity index (χ1n) is 5.84. The summed E-state index contributed by atoms with van der Waals surface area (Å²) in [6.45, 7) is 1.23. The molecule has 1 rings (SSSR count). The van der Waals surface area contributed by atoms with E-state index in [-0.39, 0.29) is 18.7 Å². The molecule has 0 bridgehead atoms. The molecule has 0 spiro atoms. The summed E-state index contributed by atoms with van der Waals surface area (Å²) in [4.78, 5) is 11.5. The number of nitrogens with one attached hydrogen (secondary N) is 1. The van der Waals surface area contributed by atoms with Crippen LogP contribution in [0.3, 0.4) is 0 Å². The van der Waals surface area contributed by atoms with E-state index >= 15 is 0 Å². The van der Waals surface area contributed by atoms with Crippen molar-refractivity contribution in [3.63, 3.8) is 0 Å². The Kier molecular flexibility index (Phi) is 5.63. The smallest absolute Gasteiger partial charge is 0.462 e. The second-order valence-electron chi connectivity index (χ2n) is 3.74. The summed E-state index contributed by atoms with van der Waals surface area (Å²) in [7, 11) is 0. The third kappa shape index (κ3) is 5.35. The minimum atomic E-state index is -4.67. The molecule has 8 heteroatoms. The first-order valence-corrected chi connectivity index (χ1v) is 5.84. The fourth-order valence-corrected chi connectivity index (χ4v) is 1.40. The van der Waals surface area contributed by atoms with Gasteiger partial charge in [-0.25, -0.2) is 4.79 Å². The molecule has 20 heavy (non-hydrogen) atoms. The average molecular weight is 292 g/mol. The quantitative estimate of drug-likeness (QED) is 0.478. The van der Waals surface area contributed by atoms with Crippen LogP contribution in [0.2, 0.25) is 0 Å². The molecule has 0 atom stereocenters. The lowest BCUT2D eigenvalue weighted by Crippen LogP contribution is -2.19. The number of rotatable bonds is 6. The second-order valence-corrected chi connectivity index (χ2v) is 3.74. The lowest BCUT2D eigenvalue weighted by atomic mass is 10.1. The van der Waals surface area contributed by atoms with Crippen LogP contribution >= 0.6 is 0 Å². The minimum absolute atomic E-state index is 0.101. The largest absolute Gasteiger partial charge is 0.522 e. The summed E-state index contributed by atoms with van der Waals surface area (Å²) >= 11 is 0. The Labute approximate surface area is 113 Å². The predicted octanol–water partition coefficient (Wildman–Crippen LogP) is 2.39. The van der Waals surface area contributed by atoms with Crippen molar-refractivity contribution in [1.82, 2.24) is 0 Å². The molecule has 1 aromatic carbocycles. The molecule has 0 aliphatic carbocycles. The lowest BCUT2D eigenvalue weighted by molar-refractivity contribution is -0.322. The van der Waals surface area contributed by atoms with E-state index in [1.54, 1.807) is 6.92 Å². The molecule has 0 aromatic heterocycles. The summed E-state index contributed by atoms with van der Waals surface area (Å²) in [6.07, 6.45) is -4.67. The zero-order valence-electron chi connectivity index (χ0n) is 10.8. The van der Waals surface area contributed by atoms with Crippen molar-refractivity contribution in [2.24, 2.45) is 0 Å². The van der Waals surface area contributed by atoms with Crippen LogP contribution in [-0.2, 0) is 9.47 Å². The Hall–Kier alpha value is -1.96. The van der Waals surface area contributed by atoms with Gasteiger partial charge in [-0.1, -0.05) is 0 Å². The molecular formula is C12H15F3N2O3. The minimum Gasteiger partial charge on any atom is -0.462 e. The van der Waals surface area contributed by atoms with Gasteiger partial charge in [-0.05, 0) is 25.1 Å². The van der Waals surface area contributed by atoms with Crippen LogP contribution in [0.1, 0.15) is 17.3 Å². The number of benzene rings is 1. The average Bonchev–Trinajstić information content (AvgIpc) is 2.35. The predicted molar refractivity (Wildman–Crippen MR) is 67.3 cm³/mol. The number of carbonyl (C=O) groups is 1. The maximum atomic E-state index is 11.8. The van der Waals surface area contributed by atoms with E-state index in [4.69, 9.17) is 10.5 Å². The topological polar surface area (TPSA) is 73.6 Å². The maximum Gasteiger partial charge on any atom is 0.522 e. The van der Waals surface area contributed by atoms with Crippen LogP contribution in [0.5, 0.6) is 0 Å². The molecule has 0 fully saturated rings. The van der Waals surface area contributed by atoms with Crippen molar-refractivity contribution in [1.29, 1.82) is 0 Å². The normalized spacial score (nSPS) is 11.2. The Bertz CT molecular complexity index is 464. The van der Waals surface area contributed by atoms with Gasteiger partial charge in [-0.2, -0.15) is 0 Å². The summed E-state index contributed by atoms with van der Waals surface area (Å²) in [5.41, 5.74) is 6.58. The van der Waals surface area contributed by atoms with Gasteiger partial charge < -0.3 is 15.8 Å². The van der Waals surface area contributed by atoms with Crippen LogP contribution in [0.4, 0.5) is 24.5 Å². The van der Waals surface area contributed by atoms with Crippen LogP contribution in [0, 0.1) is 0 Å². The van der Waals surface area contributed by atoms with Crippen molar-refractivity contribution >= 4 is 17.3 Å². The maximum absolute atomic E-state index is 11.8. The first kappa shape index (κ1) is 16.1. The van der Waals surface area contributed by atoms with Crippen LogP contribution < -0.4 is 11.1 Å². The third-order valence-electron chi connectivity index (χ3n) is 2.25. The highest BCUT2D eigenvalue weighted by atomic mass is 19.4. The molecule has 0 heterocycles. The number of anilines is 2. The lowest BCUT2D eigenvalue weighted by Gasteiger charge is -2.12. The SMILES string of the molecule is CCOC(=O)c1ccc(N)c(NCCOC(F)(F)F)c1. The van der Waals surface area contributed by atoms with Gasteiger partial charge in [0.2, 0.25) is 0 Å². The van der Waals surface area contributed by atoms with Crippen molar-refractivity contribution in [2.45, 2.75) is 13.3 Å². The van der Waals surface area contributed by atoms with Crippen LogP contribution in [0.15, 0.2) is 18.2 Å². The Morgan fingerprint density at radius 1 is 1.40 bits per heavy atom. The summed E-state index contributed by atoms with van der Waals surface area (Å²) in [5, 5.41) is 2.67. The van der Waals surface area contributed by atoms with Gasteiger partial charge in [-0.15, -0.1) is 13.2 Å². The number of nitrogen functional groups attached to an aromatic ring is 1. The van der Waals surface area contributed by atoms with Gasteiger partial charge >= 0.3 is 12.3 Å². The Balaban J connectivity index is 2.61. The number of nitrogens with two attached hydrogens (primary N) is 1. The molecule has 0 aliphatic rings. The number of hydrogen-bond acceptors (Lipinski definition) is 5. The molecule has 0 saturated carbocycles. The van der Waals surface area contributed by atoms with E-state index < -0.39 is 18.9 Å². The van der Waals surface area contributed by atoms with Gasteiger partial charge in [0.1, 0.15) is 0 Å². The summed E-state index contributed by atoms with van der Waals surface area (Å²) in [6, 6.07) is 4.37. The molecule has 0 amide bonds. The van der Waals surface area contributed by atoms with Crippen LogP contribution in [0.25, 0.3) is 0 Å². The van der Waals surface area contributed by atoms with E-state index in [0.717, 1.165) is 0 Å². The van der Waals surface area contributed by atoms with Gasteiger partial charge in [0, 0.05) is 6.54 Å². The second kappa shape index (κ2) is 6.99. The Morgan fingerprint density at radius 3 is 2.70 bits per heavy atom. The highest BCUT2D eigenvalue weighted by Gasteiger charge is 2.28. The number of ether oxygens (including phenoxy) is 2. The third-order valence-corrected chi connectivity index (χ3v) is 2.25. The first-order chi connectivity index (χ1) is 9.33. The van der Waals surface area contributed by atoms with E-state index in [1.165, 1.54) is 18.2 Å². The number of halogens is 3. The zero-order valence-corrected chi connectivity index (χ0v) is 10.8. The fourth-order valence-electron chi connectivity index (χ4n) is 1.40. The highest BCUT2D eigenvalue weighted by Crippen LogP contribution is 2.21. The Morgan fingerprint density at radius 2 is 2.10 bits per heavy atom. The molecule has 0 unspecified atom stereocenters. The summed E-state index contributed by atoms with van der Waals surface area (Å²) < 4.78 is 43.8. The zero-order chi connectivity index (χ0) is 15.2. The van der Waals surface area contributed by atoms with Crippen LogP contribution in [-0.4, -0.2) is 32.1 Å². The van der Waals surface area contributed by atoms with Crippen molar-refractivity contribution < 1.29 is 27.4 Å². The van der Waals surface area contributed by atoms with Crippen molar-refractivity contribution in [3.05, 3.63) is 23.8 Å². The molecule has 0 saturated heterocycles. The molecule has 1 aromatic rings. The molecule has 112 valence electrons. The number of carbonyl (C=O) groups excluding carboxylic acids is 1. The molecule has 0 aliphatic heterocycles. The van der Waals surface area contributed by atoms with Gasteiger partial charge in [0.05, 0.1) is 30.2 Å². The van der Waals surface area contributed by atoms with Gasteiger partial charge in [0.25, 0.3) is 0 Å². The van der Waals surface area contributed by atoms with E-state index in [1.807, 2.05) is 0 Å². The van der Waals surface area contributed by atoms with Gasteiger partial charge in [0.15, 0.2) is 0 Å². The highest BCUT2D eigenvalue weighted by molar-refractivity contribution is 5.92. The number of esters is 1. The summed E-state index contributed by atoms with van der Waals surface area (Å²) in [5.74, 6) is -0.526. The number of hydrogen-bond donors (Lipinski definition) is 2. The standard InChI is InChI=1S/C12H15F3N2O3/c1-2-19-11(18)8-3-4-9(16)10(7-8)17-5-6-20-12(13,14)15/h3-4,7,17H,2,5-6,16H2,1H3. The van der Waals surface area contributed by atoms with E-state index in [0.29, 0.717) is 11.4 Å². The van der Waals surface area contributed by atoms with Crippen molar-refractivity contribution in [2.75, 3.05) is 30.8 Å². The van der Waals surface area contributed by atoms with Gasteiger partial charge in [-0.3, -0.25) is 4.74 Å². The van der Waals surface area contributed by atoms with E-state index in [2.05, 4.69) is 10.1 Å². The van der Waals surface area contributed by atoms with Crippen molar-refractivity contribution in [3.8, 4) is 0 Å². The molecule has 5 nitrogen and oxygen atoms in total. The molecule has 3 N–H and O–H groups in total. The van der Waals surface area contributed by atoms with E-state index in [9.17, 15) is 18.0 Å². The monoisotopic (exact) mass is 292 g/mol.